The molecule has 0 fully saturated rings. The Labute approximate surface area is 85.3 Å². The summed E-state index contributed by atoms with van der Waals surface area (Å²) in [5.74, 6) is 1.32. The van der Waals surface area contributed by atoms with Crippen LogP contribution in [0.15, 0.2) is 37.2 Å². The van der Waals surface area contributed by atoms with Gasteiger partial charge in [-0.2, -0.15) is 0 Å². The molecule has 0 atom stereocenters. The first-order chi connectivity index (χ1) is 6.69. The van der Waals surface area contributed by atoms with Gasteiger partial charge in [-0.1, -0.05) is 33.1 Å². The van der Waals surface area contributed by atoms with Crippen molar-refractivity contribution in [3.63, 3.8) is 0 Å². The second kappa shape index (κ2) is 4.61. The summed E-state index contributed by atoms with van der Waals surface area (Å²) < 4.78 is 1.95. The van der Waals surface area contributed by atoms with Crippen molar-refractivity contribution >= 4 is 12.3 Å². The van der Waals surface area contributed by atoms with E-state index >= 15 is 0 Å². The molecule has 0 saturated carbocycles. The Morgan fingerprint density at radius 3 is 2.71 bits per heavy atom. The normalized spacial score (nSPS) is 11.8. The minimum absolute atomic E-state index is 0.465. The van der Waals surface area contributed by atoms with Crippen LogP contribution in [0.2, 0.25) is 0 Å². The summed E-state index contributed by atoms with van der Waals surface area (Å²) in [6.07, 6.45) is 9.30. The van der Waals surface area contributed by atoms with E-state index in [1.165, 1.54) is 5.57 Å². The van der Waals surface area contributed by atoms with E-state index in [9.17, 15) is 0 Å². The van der Waals surface area contributed by atoms with E-state index in [0.29, 0.717) is 5.92 Å². The fourth-order valence-electron chi connectivity index (χ4n) is 1.19. The topological polar surface area (TPSA) is 17.8 Å². The summed E-state index contributed by atoms with van der Waals surface area (Å²) in [5.41, 5.74) is 1.19. The van der Waals surface area contributed by atoms with Gasteiger partial charge >= 0.3 is 0 Å². The lowest BCUT2D eigenvalue weighted by molar-refractivity contribution is 0.792. The van der Waals surface area contributed by atoms with Gasteiger partial charge in [-0.15, -0.1) is 0 Å². The molecule has 0 N–H and O–H groups in total. The lowest BCUT2D eigenvalue weighted by Gasteiger charge is -2.06. The summed E-state index contributed by atoms with van der Waals surface area (Å²) in [6, 6.07) is 0. The van der Waals surface area contributed by atoms with Crippen LogP contribution in [0.25, 0.3) is 12.3 Å². The van der Waals surface area contributed by atoms with Gasteiger partial charge in [0.25, 0.3) is 0 Å². The maximum absolute atomic E-state index is 4.15. The van der Waals surface area contributed by atoms with Crippen LogP contribution in [0.1, 0.15) is 19.7 Å². The fourth-order valence-corrected chi connectivity index (χ4v) is 1.19. The molecule has 0 amide bonds. The van der Waals surface area contributed by atoms with Crippen molar-refractivity contribution < 1.29 is 0 Å². The van der Waals surface area contributed by atoms with Gasteiger partial charge in [-0.05, 0) is 17.6 Å². The van der Waals surface area contributed by atoms with Gasteiger partial charge in [-0.3, -0.25) is 0 Å². The van der Waals surface area contributed by atoms with Crippen LogP contribution >= 0.6 is 0 Å². The summed E-state index contributed by atoms with van der Waals surface area (Å²) in [4.78, 5) is 4.15. The molecule has 14 heavy (non-hydrogen) atoms. The van der Waals surface area contributed by atoms with Crippen LogP contribution in [0.5, 0.6) is 0 Å². The molecule has 74 valence electrons. The molecule has 1 rings (SSSR count). The van der Waals surface area contributed by atoms with Crippen molar-refractivity contribution in [1.82, 2.24) is 9.55 Å². The lowest BCUT2D eigenvalue weighted by Crippen LogP contribution is -1.95. The van der Waals surface area contributed by atoms with E-state index < -0.39 is 0 Å². The van der Waals surface area contributed by atoms with Crippen LogP contribution < -0.4 is 0 Å². The minimum Gasteiger partial charge on any atom is -0.307 e. The molecule has 2 nitrogen and oxygen atoms in total. The number of aromatic nitrogens is 2. The second-order valence-corrected chi connectivity index (χ2v) is 3.38. The predicted octanol–water partition coefficient (Wildman–Crippen LogP) is 3.21. The second-order valence-electron chi connectivity index (χ2n) is 3.38. The quantitative estimate of drug-likeness (QED) is 0.663. The largest absolute Gasteiger partial charge is 0.307 e. The smallest absolute Gasteiger partial charge is 0.136 e. The Balaban J connectivity index is 3.05. The van der Waals surface area contributed by atoms with E-state index in [1.54, 1.807) is 12.3 Å². The highest BCUT2D eigenvalue weighted by molar-refractivity contribution is 5.46. The Bertz CT molecular complexity index is 356. The third-order valence-electron chi connectivity index (χ3n) is 2.07. The van der Waals surface area contributed by atoms with Crippen molar-refractivity contribution in [2.24, 2.45) is 5.92 Å². The zero-order valence-electron chi connectivity index (χ0n) is 8.77. The summed E-state index contributed by atoms with van der Waals surface area (Å²) in [6.45, 7) is 11.8. The Kier molecular flexibility index (Phi) is 3.46. The lowest BCUT2D eigenvalue weighted by atomic mass is 10.1. The average molecular weight is 188 g/mol. The SMILES string of the molecule is C=C/C(=C\n1ccnc1C=C)C(C)C. The van der Waals surface area contributed by atoms with Crippen LogP contribution in [-0.2, 0) is 0 Å². The highest BCUT2D eigenvalue weighted by Gasteiger charge is 2.00. The van der Waals surface area contributed by atoms with E-state index in [1.807, 2.05) is 23.0 Å². The number of imidazole rings is 1. The first kappa shape index (κ1) is 10.5. The minimum atomic E-state index is 0.465. The molecule has 1 aromatic heterocycles. The molecule has 1 heterocycles. The first-order valence-corrected chi connectivity index (χ1v) is 4.68. The maximum atomic E-state index is 4.15. The average Bonchev–Trinajstić information content (AvgIpc) is 2.60. The van der Waals surface area contributed by atoms with Gasteiger partial charge in [0, 0.05) is 18.6 Å². The van der Waals surface area contributed by atoms with Gasteiger partial charge in [0.15, 0.2) is 0 Å². The number of hydrogen-bond acceptors (Lipinski definition) is 1. The van der Waals surface area contributed by atoms with Crippen molar-refractivity contribution in [3.05, 3.63) is 43.0 Å². The van der Waals surface area contributed by atoms with Gasteiger partial charge in [0.1, 0.15) is 5.82 Å². The van der Waals surface area contributed by atoms with Crippen LogP contribution in [0.3, 0.4) is 0 Å². The molecule has 0 aliphatic heterocycles. The van der Waals surface area contributed by atoms with Crippen LogP contribution in [0, 0.1) is 5.92 Å². The molecule has 0 radical (unpaired) electrons. The molecule has 0 aliphatic carbocycles. The van der Waals surface area contributed by atoms with Crippen LogP contribution in [0.4, 0.5) is 0 Å². The Hall–Kier alpha value is -1.57. The van der Waals surface area contributed by atoms with E-state index in [4.69, 9.17) is 0 Å². The third-order valence-corrected chi connectivity index (χ3v) is 2.07. The van der Waals surface area contributed by atoms with Gasteiger partial charge in [-0.25, -0.2) is 4.98 Å². The number of rotatable bonds is 4. The van der Waals surface area contributed by atoms with Gasteiger partial charge in [0.2, 0.25) is 0 Å². The zero-order chi connectivity index (χ0) is 10.6. The summed E-state index contributed by atoms with van der Waals surface area (Å²) in [5, 5.41) is 0. The number of allylic oxidation sites excluding steroid dienone is 2. The molecule has 0 saturated heterocycles. The monoisotopic (exact) mass is 188 g/mol. The maximum Gasteiger partial charge on any atom is 0.136 e. The van der Waals surface area contributed by atoms with E-state index in [0.717, 1.165) is 5.82 Å². The fraction of sp³-hybridized carbons (Fsp3) is 0.250. The molecule has 1 aromatic rings. The first-order valence-electron chi connectivity index (χ1n) is 4.68. The van der Waals surface area contributed by atoms with Crippen molar-refractivity contribution in [3.8, 4) is 0 Å². The van der Waals surface area contributed by atoms with E-state index in [-0.39, 0.29) is 0 Å². The standard InChI is InChI=1S/C12H16N2/c1-5-11(10(3)4)9-14-8-7-13-12(14)6-2/h5-10H,1-2H2,3-4H3/b11-9+. The third kappa shape index (κ3) is 2.22. The van der Waals surface area contributed by atoms with Crippen LogP contribution in [-0.4, -0.2) is 9.55 Å². The Morgan fingerprint density at radius 2 is 2.21 bits per heavy atom. The highest BCUT2D eigenvalue weighted by atomic mass is 15.0. The summed E-state index contributed by atoms with van der Waals surface area (Å²) >= 11 is 0. The molecule has 0 unspecified atom stereocenters. The molecular weight excluding hydrogens is 172 g/mol. The molecule has 0 aliphatic rings. The molecule has 0 bridgehead atoms. The van der Waals surface area contributed by atoms with Gasteiger partial charge in [0.05, 0.1) is 0 Å². The van der Waals surface area contributed by atoms with Crippen molar-refractivity contribution in [1.29, 1.82) is 0 Å². The van der Waals surface area contributed by atoms with Crippen molar-refractivity contribution in [2.45, 2.75) is 13.8 Å². The summed E-state index contributed by atoms with van der Waals surface area (Å²) in [7, 11) is 0. The number of hydrogen-bond donors (Lipinski definition) is 0. The molecule has 2 heteroatoms. The number of nitrogens with zero attached hydrogens (tertiary/aromatic N) is 2. The molecule has 0 aromatic carbocycles. The Morgan fingerprint density at radius 1 is 1.50 bits per heavy atom. The molecule has 0 spiro atoms. The zero-order valence-corrected chi connectivity index (χ0v) is 8.77. The van der Waals surface area contributed by atoms with E-state index in [2.05, 4.69) is 32.0 Å². The predicted molar refractivity (Wildman–Crippen MR) is 61.6 cm³/mol. The van der Waals surface area contributed by atoms with Gasteiger partial charge < -0.3 is 4.57 Å². The molecular formula is C12H16N2. The highest BCUT2D eigenvalue weighted by Crippen LogP contribution is 2.13. The van der Waals surface area contributed by atoms with Crippen molar-refractivity contribution in [2.75, 3.05) is 0 Å².